The predicted octanol–water partition coefficient (Wildman–Crippen LogP) is -1.28. The molecule has 6 heteroatoms. The standard InChI is InChI=1S/C6H10N4O2/c7-3-6(8,5(11)12)10-2-1-9-4-10/h3-4,7H,1-2,8H2,(H,11,12). The number of nitrogens with zero attached hydrogens (tertiary/aromatic N) is 2. The highest BCUT2D eigenvalue weighted by Gasteiger charge is 2.38. The molecule has 0 amide bonds. The van der Waals surface area contributed by atoms with Crippen molar-refractivity contribution in [2.45, 2.75) is 5.66 Å². The number of aliphatic imine (C=N–C) groups is 1. The number of carbonyl (C=O) groups is 1. The predicted molar refractivity (Wildman–Crippen MR) is 43.4 cm³/mol. The van der Waals surface area contributed by atoms with E-state index >= 15 is 0 Å². The van der Waals surface area contributed by atoms with Crippen LogP contribution >= 0.6 is 0 Å². The summed E-state index contributed by atoms with van der Waals surface area (Å²) in [7, 11) is 0. The van der Waals surface area contributed by atoms with Crippen molar-refractivity contribution in [3.63, 3.8) is 0 Å². The van der Waals surface area contributed by atoms with E-state index in [4.69, 9.17) is 16.2 Å². The minimum atomic E-state index is -1.74. The highest BCUT2D eigenvalue weighted by atomic mass is 16.4. The van der Waals surface area contributed by atoms with Gasteiger partial charge in [0.2, 0.25) is 5.66 Å². The van der Waals surface area contributed by atoms with Gasteiger partial charge in [-0.05, 0) is 0 Å². The van der Waals surface area contributed by atoms with Gasteiger partial charge in [0.1, 0.15) is 0 Å². The molecule has 6 nitrogen and oxygen atoms in total. The molecule has 1 rings (SSSR count). The van der Waals surface area contributed by atoms with Crippen LogP contribution in [0.5, 0.6) is 0 Å². The fourth-order valence-corrected chi connectivity index (χ4v) is 0.928. The van der Waals surface area contributed by atoms with Gasteiger partial charge in [-0.3, -0.25) is 10.7 Å². The van der Waals surface area contributed by atoms with Crippen LogP contribution in [0.2, 0.25) is 0 Å². The quantitative estimate of drug-likeness (QED) is 0.459. The van der Waals surface area contributed by atoms with E-state index in [0.29, 0.717) is 19.3 Å². The van der Waals surface area contributed by atoms with Crippen molar-refractivity contribution >= 4 is 18.5 Å². The van der Waals surface area contributed by atoms with Gasteiger partial charge in [0.25, 0.3) is 0 Å². The summed E-state index contributed by atoms with van der Waals surface area (Å²) >= 11 is 0. The lowest BCUT2D eigenvalue weighted by atomic mass is 10.2. The first-order chi connectivity index (χ1) is 5.61. The van der Waals surface area contributed by atoms with Crippen LogP contribution in [0.25, 0.3) is 0 Å². The highest BCUT2D eigenvalue weighted by Crippen LogP contribution is 2.07. The number of carboxylic acid groups (broad SMARTS) is 1. The van der Waals surface area contributed by atoms with Crippen LogP contribution in [0.1, 0.15) is 0 Å². The molecule has 0 saturated heterocycles. The summed E-state index contributed by atoms with van der Waals surface area (Å²) < 4.78 is 0. The van der Waals surface area contributed by atoms with Gasteiger partial charge in [-0.2, -0.15) is 0 Å². The average Bonchev–Trinajstić information content (AvgIpc) is 2.54. The fraction of sp³-hybridized carbons (Fsp3) is 0.500. The maximum absolute atomic E-state index is 10.7. The molecule has 0 saturated carbocycles. The minimum Gasteiger partial charge on any atom is -0.478 e. The Morgan fingerprint density at radius 1 is 1.92 bits per heavy atom. The van der Waals surface area contributed by atoms with E-state index in [2.05, 4.69) is 4.99 Å². The van der Waals surface area contributed by atoms with E-state index in [-0.39, 0.29) is 0 Å². The summed E-state index contributed by atoms with van der Waals surface area (Å²) in [5.41, 5.74) is 3.70. The number of carboxylic acids is 1. The van der Waals surface area contributed by atoms with Crippen molar-refractivity contribution < 1.29 is 9.90 Å². The first kappa shape index (κ1) is 8.66. The molecule has 1 aliphatic heterocycles. The van der Waals surface area contributed by atoms with Gasteiger partial charge < -0.3 is 15.4 Å². The van der Waals surface area contributed by atoms with E-state index in [1.54, 1.807) is 0 Å². The van der Waals surface area contributed by atoms with Crippen molar-refractivity contribution in [1.82, 2.24) is 4.90 Å². The Morgan fingerprint density at radius 2 is 2.58 bits per heavy atom. The smallest absolute Gasteiger partial charge is 0.350 e. The van der Waals surface area contributed by atoms with Gasteiger partial charge in [-0.15, -0.1) is 0 Å². The maximum atomic E-state index is 10.7. The third-order valence-electron chi connectivity index (χ3n) is 1.73. The lowest BCUT2D eigenvalue weighted by molar-refractivity contribution is -0.144. The van der Waals surface area contributed by atoms with Crippen molar-refractivity contribution in [2.75, 3.05) is 13.1 Å². The molecule has 0 radical (unpaired) electrons. The zero-order valence-corrected chi connectivity index (χ0v) is 6.40. The van der Waals surface area contributed by atoms with Crippen LogP contribution in [-0.2, 0) is 4.79 Å². The maximum Gasteiger partial charge on any atom is 0.350 e. The van der Waals surface area contributed by atoms with Gasteiger partial charge in [0.05, 0.1) is 12.9 Å². The molecule has 0 spiro atoms. The van der Waals surface area contributed by atoms with Crippen LogP contribution in [0.3, 0.4) is 0 Å². The van der Waals surface area contributed by atoms with Crippen LogP contribution in [0.15, 0.2) is 4.99 Å². The molecule has 1 heterocycles. The molecule has 0 aliphatic carbocycles. The van der Waals surface area contributed by atoms with Gasteiger partial charge in [-0.1, -0.05) is 0 Å². The van der Waals surface area contributed by atoms with E-state index in [1.807, 2.05) is 0 Å². The lowest BCUT2D eigenvalue weighted by Gasteiger charge is -2.29. The normalized spacial score (nSPS) is 20.6. The van der Waals surface area contributed by atoms with Gasteiger partial charge in [-0.25, -0.2) is 4.79 Å². The van der Waals surface area contributed by atoms with E-state index in [9.17, 15) is 4.79 Å². The zero-order chi connectivity index (χ0) is 9.19. The second-order valence-corrected chi connectivity index (χ2v) is 2.49. The highest BCUT2D eigenvalue weighted by molar-refractivity contribution is 5.99. The summed E-state index contributed by atoms with van der Waals surface area (Å²) in [5.74, 6) is -1.24. The Kier molecular flexibility index (Phi) is 2.09. The van der Waals surface area contributed by atoms with E-state index in [1.165, 1.54) is 11.2 Å². The lowest BCUT2D eigenvalue weighted by Crippen LogP contribution is -2.61. The molecule has 66 valence electrons. The monoisotopic (exact) mass is 170 g/mol. The molecule has 0 aromatic carbocycles. The SMILES string of the molecule is N=CC(N)(C(=O)O)N1C=NCC1. The molecule has 0 aromatic heterocycles. The van der Waals surface area contributed by atoms with Crippen molar-refractivity contribution in [2.24, 2.45) is 10.7 Å². The van der Waals surface area contributed by atoms with Gasteiger partial charge in [0.15, 0.2) is 0 Å². The Balaban J connectivity index is 2.85. The first-order valence-corrected chi connectivity index (χ1v) is 3.42. The van der Waals surface area contributed by atoms with Crippen molar-refractivity contribution in [1.29, 1.82) is 5.41 Å². The fourth-order valence-electron chi connectivity index (χ4n) is 0.928. The minimum absolute atomic E-state index is 0.443. The summed E-state index contributed by atoms with van der Waals surface area (Å²) in [4.78, 5) is 15.8. The molecule has 0 fully saturated rings. The molecule has 4 N–H and O–H groups in total. The Labute approximate surface area is 69.2 Å². The molecule has 1 atom stereocenters. The summed E-state index contributed by atoms with van der Waals surface area (Å²) in [6.07, 6.45) is 2.06. The largest absolute Gasteiger partial charge is 0.478 e. The third kappa shape index (κ3) is 1.16. The van der Waals surface area contributed by atoms with Crippen LogP contribution in [0.4, 0.5) is 0 Å². The second-order valence-electron chi connectivity index (χ2n) is 2.49. The number of rotatable bonds is 3. The Hall–Kier alpha value is -1.43. The number of nitrogens with one attached hydrogen (secondary N) is 1. The van der Waals surface area contributed by atoms with Crippen LogP contribution in [-0.4, -0.2) is 47.3 Å². The number of aliphatic carboxylic acids is 1. The van der Waals surface area contributed by atoms with Crippen LogP contribution in [0, 0.1) is 5.41 Å². The zero-order valence-electron chi connectivity index (χ0n) is 6.40. The number of nitrogens with two attached hydrogens (primary N) is 1. The number of hydrogen-bond acceptors (Lipinski definition) is 5. The Morgan fingerprint density at radius 3 is 2.92 bits per heavy atom. The van der Waals surface area contributed by atoms with Gasteiger partial charge >= 0.3 is 5.97 Å². The summed E-state index contributed by atoms with van der Waals surface area (Å²) in [6, 6.07) is 0. The van der Waals surface area contributed by atoms with Crippen molar-refractivity contribution in [3.8, 4) is 0 Å². The van der Waals surface area contributed by atoms with E-state index in [0.717, 1.165) is 0 Å². The van der Waals surface area contributed by atoms with Crippen molar-refractivity contribution in [3.05, 3.63) is 0 Å². The Bertz CT molecular complexity index is 240. The summed E-state index contributed by atoms with van der Waals surface area (Å²) in [6.45, 7) is 0.970. The second kappa shape index (κ2) is 2.90. The van der Waals surface area contributed by atoms with E-state index < -0.39 is 11.6 Å². The first-order valence-electron chi connectivity index (χ1n) is 3.42. The summed E-state index contributed by atoms with van der Waals surface area (Å²) in [5, 5.41) is 15.6. The third-order valence-corrected chi connectivity index (χ3v) is 1.73. The average molecular weight is 170 g/mol. The molecule has 1 aliphatic rings. The van der Waals surface area contributed by atoms with Gasteiger partial charge in [0, 0.05) is 12.8 Å². The molecular formula is C6H10N4O2. The molecule has 0 bridgehead atoms. The molecule has 0 aromatic rings. The molecule has 1 unspecified atom stereocenters. The topological polar surface area (TPSA) is 103 Å². The molecular weight excluding hydrogens is 160 g/mol. The number of hydrogen-bond donors (Lipinski definition) is 3. The molecule has 12 heavy (non-hydrogen) atoms. The van der Waals surface area contributed by atoms with Crippen LogP contribution < -0.4 is 5.73 Å².